The highest BCUT2D eigenvalue weighted by Crippen LogP contribution is 2.27. The summed E-state index contributed by atoms with van der Waals surface area (Å²) in [4.78, 5) is 14.2. The summed E-state index contributed by atoms with van der Waals surface area (Å²) in [5, 5.41) is 4.20. The van der Waals surface area contributed by atoms with Crippen molar-refractivity contribution < 1.29 is 0 Å². The van der Waals surface area contributed by atoms with E-state index in [2.05, 4.69) is 57.5 Å². The van der Waals surface area contributed by atoms with Crippen molar-refractivity contribution in [2.45, 2.75) is 19.9 Å². The normalized spacial score (nSPS) is 15.0. The summed E-state index contributed by atoms with van der Waals surface area (Å²) < 4.78 is 0. The molecule has 111 valence electrons. The zero-order valence-electron chi connectivity index (χ0n) is 12.8. The Morgan fingerprint density at radius 1 is 1.36 bits per heavy atom. The Morgan fingerprint density at radius 2 is 2.27 bits per heavy atom. The fourth-order valence-corrected chi connectivity index (χ4v) is 3.11. The number of benzene rings is 1. The first-order chi connectivity index (χ1) is 10.7. The topological polar surface area (TPSA) is 56.8 Å². The van der Waals surface area contributed by atoms with Crippen LogP contribution in [0.4, 0.5) is 11.6 Å². The summed E-state index contributed by atoms with van der Waals surface area (Å²) in [6.45, 7) is 4.30. The standard InChI is InChI=1S/C17H18N5/c1-11-7-14(8-13-10-22(2)6-4-15(11)13)20-17-19-9-12-3-5-18-16(12)21-17/h3,5,7-8H,4,6,10H2,1-2H3,(H2,18,19,20,21). The molecule has 4 rings (SSSR count). The van der Waals surface area contributed by atoms with Crippen molar-refractivity contribution in [2.75, 3.05) is 18.9 Å². The first-order valence-corrected chi connectivity index (χ1v) is 7.50. The van der Waals surface area contributed by atoms with Crippen molar-refractivity contribution in [3.05, 3.63) is 47.3 Å². The van der Waals surface area contributed by atoms with Crippen LogP contribution in [0.5, 0.6) is 0 Å². The van der Waals surface area contributed by atoms with Crippen molar-refractivity contribution in [3.8, 4) is 0 Å². The second kappa shape index (κ2) is 5.10. The van der Waals surface area contributed by atoms with Gasteiger partial charge in [0, 0.05) is 30.4 Å². The van der Waals surface area contributed by atoms with Gasteiger partial charge in [0.2, 0.25) is 5.95 Å². The minimum atomic E-state index is 0.568. The molecule has 3 aromatic rings. The maximum absolute atomic E-state index is 4.47. The molecular formula is C17H18N5. The van der Waals surface area contributed by atoms with E-state index in [-0.39, 0.29) is 0 Å². The largest absolute Gasteiger partial charge is 0.346 e. The van der Waals surface area contributed by atoms with Gasteiger partial charge in [0.15, 0.2) is 0 Å². The van der Waals surface area contributed by atoms with Gasteiger partial charge < -0.3 is 15.2 Å². The first kappa shape index (κ1) is 13.3. The quantitative estimate of drug-likeness (QED) is 0.762. The van der Waals surface area contributed by atoms with Crippen molar-refractivity contribution >= 4 is 22.7 Å². The van der Waals surface area contributed by atoms with Gasteiger partial charge in [-0.05, 0) is 55.3 Å². The number of likely N-dealkylation sites (N-methyl/N-ethyl adjacent to an activating group) is 1. The van der Waals surface area contributed by atoms with Crippen molar-refractivity contribution in [2.24, 2.45) is 0 Å². The number of aromatic amines is 1. The molecule has 1 aliphatic rings. The van der Waals surface area contributed by atoms with Crippen LogP contribution in [-0.2, 0) is 13.0 Å². The second-order valence-electron chi connectivity index (χ2n) is 5.94. The molecule has 0 saturated heterocycles. The molecule has 0 spiro atoms. The number of rotatable bonds is 2. The third-order valence-electron chi connectivity index (χ3n) is 4.23. The Hall–Kier alpha value is -2.40. The SMILES string of the molecule is Cc1cc(Nc2n[c]c3cc[nH]c3n2)cc2c1CCN(C)C2. The lowest BCUT2D eigenvalue weighted by Crippen LogP contribution is -2.27. The number of anilines is 2. The van der Waals surface area contributed by atoms with E-state index in [0.717, 1.165) is 36.2 Å². The number of hydrogen-bond acceptors (Lipinski definition) is 4. The maximum atomic E-state index is 4.47. The zero-order chi connectivity index (χ0) is 15.1. The number of aryl methyl sites for hydroxylation is 1. The van der Waals surface area contributed by atoms with Gasteiger partial charge in [-0.15, -0.1) is 0 Å². The lowest BCUT2D eigenvalue weighted by Gasteiger charge is -2.27. The molecule has 0 aliphatic carbocycles. The number of hydrogen-bond donors (Lipinski definition) is 2. The molecular weight excluding hydrogens is 274 g/mol. The van der Waals surface area contributed by atoms with Gasteiger partial charge in [0.1, 0.15) is 11.8 Å². The summed E-state index contributed by atoms with van der Waals surface area (Å²) in [5.74, 6) is 0.568. The number of aromatic nitrogens is 3. The third kappa shape index (κ3) is 2.33. The minimum absolute atomic E-state index is 0.568. The highest BCUT2D eigenvalue weighted by atomic mass is 15.1. The summed E-state index contributed by atoms with van der Waals surface area (Å²) in [6.07, 6.45) is 5.96. The average Bonchev–Trinajstić information content (AvgIpc) is 2.94. The van der Waals surface area contributed by atoms with E-state index in [4.69, 9.17) is 0 Å². The Kier molecular flexibility index (Phi) is 3.08. The highest BCUT2D eigenvalue weighted by molar-refractivity contribution is 5.75. The molecule has 0 atom stereocenters. The van der Waals surface area contributed by atoms with Crippen molar-refractivity contribution in [3.63, 3.8) is 0 Å². The lowest BCUT2D eigenvalue weighted by molar-refractivity contribution is 0.312. The fourth-order valence-electron chi connectivity index (χ4n) is 3.11. The summed E-state index contributed by atoms with van der Waals surface area (Å²) in [6, 6.07) is 6.30. The van der Waals surface area contributed by atoms with Crippen LogP contribution in [0.25, 0.3) is 11.0 Å². The molecule has 1 aliphatic heterocycles. The number of nitrogens with zero attached hydrogens (tertiary/aromatic N) is 3. The van der Waals surface area contributed by atoms with E-state index < -0.39 is 0 Å². The molecule has 0 saturated carbocycles. The number of fused-ring (bicyclic) bond motifs is 2. The zero-order valence-corrected chi connectivity index (χ0v) is 12.8. The summed E-state index contributed by atoms with van der Waals surface area (Å²) >= 11 is 0. The maximum Gasteiger partial charge on any atom is 0.229 e. The molecule has 0 fully saturated rings. The van der Waals surface area contributed by atoms with Crippen LogP contribution in [0.15, 0.2) is 24.4 Å². The third-order valence-corrected chi connectivity index (χ3v) is 4.23. The summed E-state index contributed by atoms with van der Waals surface area (Å²) in [5.41, 5.74) is 6.04. The Bertz CT molecular complexity index is 836. The molecule has 5 nitrogen and oxygen atoms in total. The smallest absolute Gasteiger partial charge is 0.229 e. The molecule has 0 unspecified atom stereocenters. The van der Waals surface area contributed by atoms with Gasteiger partial charge in [-0.1, -0.05) is 0 Å². The van der Waals surface area contributed by atoms with Gasteiger partial charge in [-0.2, -0.15) is 4.98 Å². The Balaban J connectivity index is 1.67. The van der Waals surface area contributed by atoms with Crippen LogP contribution in [0, 0.1) is 13.1 Å². The van der Waals surface area contributed by atoms with Crippen LogP contribution in [0.2, 0.25) is 0 Å². The van der Waals surface area contributed by atoms with Crippen LogP contribution in [0.1, 0.15) is 16.7 Å². The molecule has 2 aromatic heterocycles. The first-order valence-electron chi connectivity index (χ1n) is 7.50. The van der Waals surface area contributed by atoms with E-state index in [1.165, 1.54) is 16.7 Å². The van der Waals surface area contributed by atoms with Gasteiger partial charge in [0.05, 0.1) is 0 Å². The van der Waals surface area contributed by atoms with Crippen LogP contribution in [-0.4, -0.2) is 33.4 Å². The second-order valence-corrected chi connectivity index (χ2v) is 5.94. The highest BCUT2D eigenvalue weighted by Gasteiger charge is 2.16. The van der Waals surface area contributed by atoms with Gasteiger partial charge in [-0.3, -0.25) is 0 Å². The lowest BCUT2D eigenvalue weighted by atomic mass is 9.94. The molecule has 1 radical (unpaired) electrons. The van der Waals surface area contributed by atoms with Gasteiger partial charge in [0.25, 0.3) is 0 Å². The van der Waals surface area contributed by atoms with E-state index >= 15 is 0 Å². The van der Waals surface area contributed by atoms with Crippen molar-refractivity contribution in [1.82, 2.24) is 19.9 Å². The molecule has 1 aromatic carbocycles. The molecule has 0 amide bonds. The van der Waals surface area contributed by atoms with Crippen molar-refractivity contribution in [1.29, 1.82) is 0 Å². The fraction of sp³-hybridized carbons (Fsp3) is 0.294. The van der Waals surface area contributed by atoms with Crippen LogP contribution >= 0.6 is 0 Å². The molecule has 2 N–H and O–H groups in total. The molecule has 0 bridgehead atoms. The average molecular weight is 292 g/mol. The van der Waals surface area contributed by atoms with Crippen LogP contribution < -0.4 is 5.32 Å². The predicted octanol–water partition coefficient (Wildman–Crippen LogP) is 2.80. The van der Waals surface area contributed by atoms with Crippen LogP contribution in [0.3, 0.4) is 0 Å². The molecule has 5 heteroatoms. The van der Waals surface area contributed by atoms with Gasteiger partial charge in [-0.25, -0.2) is 4.98 Å². The van der Waals surface area contributed by atoms with E-state index in [1.54, 1.807) is 0 Å². The Morgan fingerprint density at radius 3 is 3.18 bits per heavy atom. The van der Waals surface area contributed by atoms with E-state index in [1.807, 2.05) is 12.3 Å². The van der Waals surface area contributed by atoms with E-state index in [0.29, 0.717) is 5.95 Å². The number of H-pyrrole nitrogens is 1. The molecule has 22 heavy (non-hydrogen) atoms. The number of nitrogens with one attached hydrogen (secondary N) is 2. The minimum Gasteiger partial charge on any atom is -0.346 e. The Labute approximate surface area is 129 Å². The predicted molar refractivity (Wildman–Crippen MR) is 87.2 cm³/mol. The van der Waals surface area contributed by atoms with Gasteiger partial charge >= 0.3 is 0 Å². The summed E-state index contributed by atoms with van der Waals surface area (Å²) in [7, 11) is 2.16. The monoisotopic (exact) mass is 292 g/mol. The van der Waals surface area contributed by atoms with E-state index in [9.17, 15) is 0 Å². The molecule has 3 heterocycles.